The van der Waals surface area contributed by atoms with Gasteiger partial charge in [0.2, 0.25) is 5.88 Å². The number of hydrogen-bond acceptors (Lipinski definition) is 5. The summed E-state index contributed by atoms with van der Waals surface area (Å²) in [5.41, 5.74) is 0.604. The van der Waals surface area contributed by atoms with Crippen LogP contribution < -0.4 is 10.1 Å². The van der Waals surface area contributed by atoms with Crippen LogP contribution in [0, 0.1) is 17.0 Å². The molecule has 0 amide bonds. The molecule has 0 saturated carbocycles. The van der Waals surface area contributed by atoms with Gasteiger partial charge < -0.3 is 10.1 Å². The summed E-state index contributed by atoms with van der Waals surface area (Å²) in [4.78, 5) is 14.2. The first-order chi connectivity index (χ1) is 9.16. The predicted molar refractivity (Wildman–Crippen MR) is 71.4 cm³/mol. The second kappa shape index (κ2) is 6.47. The monoisotopic (exact) mass is 265 g/mol. The lowest BCUT2D eigenvalue weighted by molar-refractivity contribution is -0.385. The summed E-state index contributed by atoms with van der Waals surface area (Å²) in [6.45, 7) is 3.36. The van der Waals surface area contributed by atoms with Gasteiger partial charge in [-0.05, 0) is 32.7 Å². The molecule has 6 nitrogen and oxygen atoms in total. The van der Waals surface area contributed by atoms with Crippen LogP contribution in [0.1, 0.15) is 31.2 Å². The highest BCUT2D eigenvalue weighted by molar-refractivity contribution is 5.39. The van der Waals surface area contributed by atoms with Gasteiger partial charge in [-0.25, -0.2) is 4.98 Å². The largest absolute Gasteiger partial charge is 0.478 e. The maximum absolute atomic E-state index is 10.7. The lowest BCUT2D eigenvalue weighted by atomic mass is 10.0. The van der Waals surface area contributed by atoms with Crippen molar-refractivity contribution < 1.29 is 9.66 Å². The van der Waals surface area contributed by atoms with Crippen LogP contribution >= 0.6 is 0 Å². The molecule has 6 heteroatoms. The Labute approximate surface area is 112 Å². The zero-order chi connectivity index (χ0) is 13.7. The molecule has 2 heterocycles. The predicted octanol–water partition coefficient (Wildman–Crippen LogP) is 2.21. The van der Waals surface area contributed by atoms with Crippen LogP contribution in [0.25, 0.3) is 0 Å². The van der Waals surface area contributed by atoms with Gasteiger partial charge in [-0.1, -0.05) is 6.42 Å². The zero-order valence-corrected chi connectivity index (χ0v) is 11.1. The zero-order valence-electron chi connectivity index (χ0n) is 11.1. The van der Waals surface area contributed by atoms with Gasteiger partial charge in [0, 0.05) is 17.7 Å². The average Bonchev–Trinajstić information content (AvgIpc) is 2.39. The Balaban J connectivity index is 1.82. The lowest BCUT2D eigenvalue weighted by Crippen LogP contribution is -2.35. The Morgan fingerprint density at radius 1 is 1.58 bits per heavy atom. The van der Waals surface area contributed by atoms with E-state index in [4.69, 9.17) is 4.74 Å². The number of pyridine rings is 1. The second-order valence-corrected chi connectivity index (χ2v) is 4.85. The van der Waals surface area contributed by atoms with Crippen molar-refractivity contribution in [3.63, 3.8) is 0 Å². The van der Waals surface area contributed by atoms with Gasteiger partial charge in [-0.3, -0.25) is 10.1 Å². The maximum Gasteiger partial charge on any atom is 0.290 e. The number of nitro groups is 1. The first-order valence-electron chi connectivity index (χ1n) is 6.64. The fraction of sp³-hybridized carbons (Fsp3) is 0.615. The van der Waals surface area contributed by atoms with Crippen molar-refractivity contribution in [3.05, 3.63) is 27.9 Å². The number of aryl methyl sites for hydroxylation is 1. The first kappa shape index (κ1) is 13.7. The molecule has 1 aromatic rings. The summed E-state index contributed by atoms with van der Waals surface area (Å²) in [7, 11) is 0. The second-order valence-electron chi connectivity index (χ2n) is 4.85. The highest BCUT2D eigenvalue weighted by atomic mass is 16.6. The Kier molecular flexibility index (Phi) is 4.68. The molecule has 1 saturated heterocycles. The van der Waals surface area contributed by atoms with E-state index in [2.05, 4.69) is 10.3 Å². The number of nitrogens with zero attached hydrogens (tertiary/aromatic N) is 2. The molecular formula is C13H19N3O3. The van der Waals surface area contributed by atoms with Crippen LogP contribution in [0.3, 0.4) is 0 Å². The molecule has 104 valence electrons. The molecule has 0 aromatic carbocycles. The van der Waals surface area contributed by atoms with Gasteiger partial charge in [-0.15, -0.1) is 0 Å². The van der Waals surface area contributed by atoms with Crippen molar-refractivity contribution in [2.45, 2.75) is 38.6 Å². The molecule has 1 unspecified atom stereocenters. The lowest BCUT2D eigenvalue weighted by Gasteiger charge is -2.23. The number of piperidine rings is 1. The van der Waals surface area contributed by atoms with Crippen molar-refractivity contribution in [2.75, 3.05) is 13.2 Å². The maximum atomic E-state index is 10.7. The third-order valence-corrected chi connectivity index (χ3v) is 3.38. The van der Waals surface area contributed by atoms with Crippen molar-refractivity contribution in [1.82, 2.24) is 10.3 Å². The highest BCUT2D eigenvalue weighted by Crippen LogP contribution is 2.20. The fourth-order valence-corrected chi connectivity index (χ4v) is 2.27. The van der Waals surface area contributed by atoms with Gasteiger partial charge >= 0.3 is 0 Å². The number of aromatic nitrogens is 1. The standard InChI is InChI=1S/C13H19N3O3/c1-10-8-13(15-9-12(10)16(17)18)19-7-5-11-4-2-3-6-14-11/h8-9,11,14H,2-7H2,1H3. The van der Waals surface area contributed by atoms with E-state index in [1.807, 2.05) is 0 Å². The van der Waals surface area contributed by atoms with Crippen molar-refractivity contribution in [1.29, 1.82) is 0 Å². The van der Waals surface area contributed by atoms with E-state index in [0.29, 0.717) is 24.1 Å². The summed E-state index contributed by atoms with van der Waals surface area (Å²) < 4.78 is 5.55. The van der Waals surface area contributed by atoms with Crippen LogP contribution in [0.4, 0.5) is 5.69 Å². The molecule has 2 rings (SSSR count). The smallest absolute Gasteiger partial charge is 0.290 e. The topological polar surface area (TPSA) is 77.3 Å². The van der Waals surface area contributed by atoms with E-state index in [9.17, 15) is 10.1 Å². The van der Waals surface area contributed by atoms with Crippen LogP contribution in [0.15, 0.2) is 12.3 Å². The molecule has 1 aromatic heterocycles. The Bertz CT molecular complexity index is 445. The third kappa shape index (κ3) is 3.89. The molecule has 0 radical (unpaired) electrons. The molecule has 1 N–H and O–H groups in total. The minimum atomic E-state index is -0.432. The van der Waals surface area contributed by atoms with Crippen LogP contribution in [0.2, 0.25) is 0 Å². The van der Waals surface area contributed by atoms with Gasteiger partial charge in [0.1, 0.15) is 6.20 Å². The molecule has 19 heavy (non-hydrogen) atoms. The summed E-state index contributed by atoms with van der Waals surface area (Å²) in [6, 6.07) is 2.14. The minimum absolute atomic E-state index is 0.0290. The number of hydrogen-bond donors (Lipinski definition) is 1. The van der Waals surface area contributed by atoms with E-state index < -0.39 is 4.92 Å². The minimum Gasteiger partial charge on any atom is -0.478 e. The summed E-state index contributed by atoms with van der Waals surface area (Å²) >= 11 is 0. The third-order valence-electron chi connectivity index (χ3n) is 3.38. The molecule has 0 spiro atoms. The first-order valence-corrected chi connectivity index (χ1v) is 6.64. The Morgan fingerprint density at radius 2 is 2.42 bits per heavy atom. The quantitative estimate of drug-likeness (QED) is 0.652. The average molecular weight is 265 g/mol. The van der Waals surface area contributed by atoms with Crippen LogP contribution in [-0.4, -0.2) is 29.1 Å². The Morgan fingerprint density at radius 3 is 3.05 bits per heavy atom. The van der Waals surface area contributed by atoms with Crippen LogP contribution in [0.5, 0.6) is 5.88 Å². The van der Waals surface area contributed by atoms with Gasteiger partial charge in [-0.2, -0.15) is 0 Å². The summed E-state index contributed by atoms with van der Waals surface area (Å²) in [5, 5.41) is 14.1. The van der Waals surface area contributed by atoms with Gasteiger partial charge in [0.15, 0.2) is 0 Å². The van der Waals surface area contributed by atoms with Crippen molar-refractivity contribution >= 4 is 5.69 Å². The fourth-order valence-electron chi connectivity index (χ4n) is 2.27. The number of rotatable bonds is 5. The van der Waals surface area contributed by atoms with Gasteiger partial charge in [0.25, 0.3) is 5.69 Å². The molecule has 0 aliphatic carbocycles. The molecule has 1 fully saturated rings. The molecule has 1 aliphatic rings. The van der Waals surface area contributed by atoms with Crippen LogP contribution in [-0.2, 0) is 0 Å². The van der Waals surface area contributed by atoms with E-state index >= 15 is 0 Å². The van der Waals surface area contributed by atoms with E-state index in [1.165, 1.54) is 25.5 Å². The van der Waals surface area contributed by atoms with Gasteiger partial charge in [0.05, 0.1) is 11.5 Å². The highest BCUT2D eigenvalue weighted by Gasteiger charge is 2.14. The normalized spacial score (nSPS) is 19.1. The van der Waals surface area contributed by atoms with Crippen molar-refractivity contribution in [3.8, 4) is 5.88 Å². The summed E-state index contributed by atoms with van der Waals surface area (Å²) in [6.07, 6.45) is 5.91. The number of nitrogens with one attached hydrogen (secondary N) is 1. The Hall–Kier alpha value is -1.69. The van der Waals surface area contributed by atoms with E-state index in [1.54, 1.807) is 13.0 Å². The van der Waals surface area contributed by atoms with E-state index in [-0.39, 0.29) is 5.69 Å². The molecule has 1 atom stereocenters. The van der Waals surface area contributed by atoms with E-state index in [0.717, 1.165) is 13.0 Å². The summed E-state index contributed by atoms with van der Waals surface area (Å²) in [5.74, 6) is 0.457. The SMILES string of the molecule is Cc1cc(OCCC2CCCCN2)ncc1[N+](=O)[O-]. The van der Waals surface area contributed by atoms with Crippen molar-refractivity contribution in [2.24, 2.45) is 0 Å². The molecule has 1 aliphatic heterocycles. The molecule has 0 bridgehead atoms. The molecular weight excluding hydrogens is 246 g/mol. The number of ether oxygens (including phenoxy) is 1.